The van der Waals surface area contributed by atoms with E-state index in [0.717, 1.165) is 17.4 Å². The molecule has 1 heteroatoms. The first-order chi connectivity index (χ1) is 4.10. The Morgan fingerprint density at radius 3 is 2.56 bits per heavy atom. The maximum atomic E-state index is 3.96. The van der Waals surface area contributed by atoms with Gasteiger partial charge in [-0.05, 0) is 0 Å². The minimum atomic E-state index is 1.08. The molecule has 0 aromatic carbocycles. The molecule has 0 aromatic heterocycles. The van der Waals surface area contributed by atoms with Crippen LogP contribution in [0, 0.1) is 6.42 Å². The van der Waals surface area contributed by atoms with Crippen LogP contribution in [0.15, 0.2) is 12.2 Å². The molecule has 0 bridgehead atoms. The van der Waals surface area contributed by atoms with E-state index in [1.807, 2.05) is 0 Å². The zero-order valence-electron chi connectivity index (χ0n) is 6.35. The molecule has 1 nitrogen and oxygen atoms in total. The van der Waals surface area contributed by atoms with Gasteiger partial charge in [0.1, 0.15) is 19.4 Å². The van der Waals surface area contributed by atoms with Gasteiger partial charge in [-0.1, -0.05) is 6.58 Å². The van der Waals surface area contributed by atoms with Gasteiger partial charge in [-0.2, -0.15) is 0 Å². The van der Waals surface area contributed by atoms with Gasteiger partial charge in [-0.15, -0.1) is 0 Å². The fourth-order valence-corrected chi connectivity index (χ4v) is 1.35. The normalized spacial score (nSPS) is 25.3. The first-order valence-corrected chi connectivity index (χ1v) is 3.40. The summed E-state index contributed by atoms with van der Waals surface area (Å²) in [6, 6.07) is 0. The van der Waals surface area contributed by atoms with Crippen LogP contribution in [0.2, 0.25) is 0 Å². The van der Waals surface area contributed by atoms with E-state index < -0.39 is 0 Å². The van der Waals surface area contributed by atoms with Crippen molar-refractivity contribution in [3.05, 3.63) is 18.6 Å². The Hall–Kier alpha value is -0.430. The van der Waals surface area contributed by atoms with E-state index in [0.29, 0.717) is 0 Å². The average Bonchev–Trinajstić information content (AvgIpc) is 1.60. The van der Waals surface area contributed by atoms with Crippen molar-refractivity contribution in [2.45, 2.75) is 6.42 Å². The van der Waals surface area contributed by atoms with E-state index in [1.54, 1.807) is 0 Å². The van der Waals surface area contributed by atoms with E-state index in [9.17, 15) is 0 Å². The molecule has 9 heavy (non-hydrogen) atoms. The molecule has 0 saturated carbocycles. The molecule has 1 rings (SSSR count). The summed E-state index contributed by atoms with van der Waals surface area (Å²) in [6.45, 7) is 6.31. The van der Waals surface area contributed by atoms with Crippen LogP contribution < -0.4 is 0 Å². The van der Waals surface area contributed by atoms with Gasteiger partial charge in [0, 0.05) is 5.57 Å². The minimum absolute atomic E-state index is 1.08. The summed E-state index contributed by atoms with van der Waals surface area (Å²) in [5, 5.41) is 0. The van der Waals surface area contributed by atoms with E-state index in [1.165, 1.54) is 12.1 Å². The van der Waals surface area contributed by atoms with Crippen LogP contribution in [0.5, 0.6) is 0 Å². The van der Waals surface area contributed by atoms with Crippen LogP contribution in [0.3, 0.4) is 0 Å². The molecule has 50 valence electrons. The number of likely N-dealkylation sites (tertiary alicyclic amines) is 1. The summed E-state index contributed by atoms with van der Waals surface area (Å²) >= 11 is 0. The van der Waals surface area contributed by atoms with Gasteiger partial charge >= 0.3 is 0 Å². The van der Waals surface area contributed by atoms with Crippen molar-refractivity contribution in [2.75, 3.05) is 27.2 Å². The minimum Gasteiger partial charge on any atom is -0.288 e. The molecule has 0 amide bonds. The molecule has 0 N–H and O–H groups in total. The number of hydrogen-bond acceptors (Lipinski definition) is 0. The monoisotopic (exact) mass is 125 g/mol. The Labute approximate surface area is 57.6 Å². The van der Waals surface area contributed by atoms with Crippen LogP contribution in [0.1, 0.15) is 6.42 Å². The summed E-state index contributed by atoms with van der Waals surface area (Å²) in [5.41, 5.74) is 1.37. The Bertz CT molecular complexity index is 125. The Morgan fingerprint density at radius 2 is 2.22 bits per heavy atom. The highest BCUT2D eigenvalue weighted by Gasteiger charge is 2.27. The second-order valence-corrected chi connectivity index (χ2v) is 3.52. The number of piperidine rings is 1. The molecule has 1 saturated heterocycles. The highest BCUT2D eigenvalue weighted by atomic mass is 15.3. The molecule has 0 atom stereocenters. The lowest BCUT2D eigenvalue weighted by Gasteiger charge is -2.29. The molecule has 0 spiro atoms. The highest BCUT2D eigenvalue weighted by Crippen LogP contribution is 2.15. The van der Waals surface area contributed by atoms with Crippen LogP contribution in [0.4, 0.5) is 0 Å². The zero-order chi connectivity index (χ0) is 6.91. The summed E-state index contributed by atoms with van der Waals surface area (Å²) < 4.78 is 1.08. The molecular formula is C8H15N+2. The number of nitrogens with zero attached hydrogens (tertiary/aromatic N) is 1. The van der Waals surface area contributed by atoms with Crippen LogP contribution in [-0.4, -0.2) is 31.7 Å². The number of rotatable bonds is 0. The van der Waals surface area contributed by atoms with Gasteiger partial charge in [0.15, 0.2) is 0 Å². The largest absolute Gasteiger partial charge is 0.288 e. The maximum Gasteiger partial charge on any atom is 0.212 e. The molecule has 0 aliphatic carbocycles. The lowest BCUT2D eigenvalue weighted by molar-refractivity contribution is -0.884. The molecule has 0 aromatic rings. The van der Waals surface area contributed by atoms with Gasteiger partial charge in [0.25, 0.3) is 0 Å². The molecule has 1 fully saturated rings. The number of likely N-dealkylation sites (N-methyl/N-ethyl adjacent to an activating group) is 1. The molecule has 0 radical (unpaired) electrons. The first kappa shape index (κ1) is 6.69. The van der Waals surface area contributed by atoms with E-state index >= 15 is 0 Å². The fourth-order valence-electron chi connectivity index (χ4n) is 1.35. The van der Waals surface area contributed by atoms with Gasteiger partial charge in [-0.25, -0.2) is 0 Å². The summed E-state index contributed by atoms with van der Waals surface area (Å²) in [4.78, 5) is 0. The Kier molecular flexibility index (Phi) is 1.54. The third-order valence-corrected chi connectivity index (χ3v) is 1.71. The summed E-state index contributed by atoms with van der Waals surface area (Å²) in [6.07, 6.45) is 3.44. The molecule has 1 aliphatic rings. The number of quaternary nitrogens is 1. The Balaban J connectivity index is 2.51. The van der Waals surface area contributed by atoms with Gasteiger partial charge in [-0.3, -0.25) is 4.48 Å². The average molecular weight is 125 g/mol. The van der Waals surface area contributed by atoms with Crippen LogP contribution >= 0.6 is 0 Å². The maximum absolute atomic E-state index is 3.96. The van der Waals surface area contributed by atoms with Crippen molar-refractivity contribution in [3.8, 4) is 0 Å². The standard InChI is InChI=1S/C8H15N/c1-8-5-4-6-9(2,3)7-8/h4H,1,5-7H2,2-3H3/q+2. The van der Waals surface area contributed by atoms with Crippen LogP contribution in [-0.2, 0) is 0 Å². The van der Waals surface area contributed by atoms with Crippen molar-refractivity contribution in [1.29, 1.82) is 0 Å². The van der Waals surface area contributed by atoms with E-state index in [-0.39, 0.29) is 0 Å². The highest BCUT2D eigenvalue weighted by molar-refractivity contribution is 5.01. The van der Waals surface area contributed by atoms with Crippen molar-refractivity contribution in [3.63, 3.8) is 0 Å². The molecule has 1 aliphatic heterocycles. The van der Waals surface area contributed by atoms with Gasteiger partial charge in [0.2, 0.25) is 6.54 Å². The van der Waals surface area contributed by atoms with Crippen LogP contribution in [0.25, 0.3) is 0 Å². The van der Waals surface area contributed by atoms with Crippen molar-refractivity contribution in [2.24, 2.45) is 0 Å². The van der Waals surface area contributed by atoms with Gasteiger partial charge in [0.05, 0.1) is 14.1 Å². The van der Waals surface area contributed by atoms with Crippen molar-refractivity contribution < 1.29 is 4.48 Å². The van der Waals surface area contributed by atoms with E-state index in [4.69, 9.17) is 0 Å². The number of hydrogen-bond donors (Lipinski definition) is 0. The van der Waals surface area contributed by atoms with Crippen molar-refractivity contribution >= 4 is 0 Å². The van der Waals surface area contributed by atoms with E-state index in [2.05, 4.69) is 27.1 Å². The first-order valence-electron chi connectivity index (χ1n) is 3.40. The summed E-state index contributed by atoms with van der Waals surface area (Å²) in [7, 11) is 4.47. The topological polar surface area (TPSA) is 0 Å². The smallest absolute Gasteiger partial charge is 0.212 e. The summed E-state index contributed by atoms with van der Waals surface area (Å²) in [5.74, 6) is 0. The second kappa shape index (κ2) is 2.07. The molecule has 1 heterocycles. The van der Waals surface area contributed by atoms with Gasteiger partial charge < -0.3 is 0 Å². The lowest BCUT2D eigenvalue weighted by Crippen LogP contribution is -2.44. The SMILES string of the molecule is C=C1C[CH+]C[N+](C)(C)C1. The predicted octanol–water partition coefficient (Wildman–Crippen LogP) is 1.23. The fraction of sp³-hybridized carbons (Fsp3) is 0.625. The molecule has 0 unspecified atom stereocenters. The lowest BCUT2D eigenvalue weighted by atomic mass is 10.1. The predicted molar refractivity (Wildman–Crippen MR) is 39.9 cm³/mol. The quantitative estimate of drug-likeness (QED) is 0.259. The second-order valence-electron chi connectivity index (χ2n) is 3.52. The Morgan fingerprint density at radius 1 is 1.56 bits per heavy atom. The van der Waals surface area contributed by atoms with Crippen molar-refractivity contribution in [1.82, 2.24) is 0 Å². The third kappa shape index (κ3) is 1.75. The third-order valence-electron chi connectivity index (χ3n) is 1.71. The zero-order valence-corrected chi connectivity index (χ0v) is 6.35. The molecular weight excluding hydrogens is 110 g/mol.